The van der Waals surface area contributed by atoms with Crippen molar-refractivity contribution in [2.75, 3.05) is 7.11 Å². The molecule has 0 saturated carbocycles. The van der Waals surface area contributed by atoms with Crippen LogP contribution in [-0.2, 0) is 17.9 Å². The van der Waals surface area contributed by atoms with E-state index in [9.17, 15) is 19.7 Å². The molecule has 0 spiro atoms. The Morgan fingerprint density at radius 1 is 1.03 bits per heavy atom. The van der Waals surface area contributed by atoms with Gasteiger partial charge in [0.05, 0.1) is 23.5 Å². The summed E-state index contributed by atoms with van der Waals surface area (Å²) in [4.78, 5) is 37.2. The summed E-state index contributed by atoms with van der Waals surface area (Å²) in [6.45, 7) is 0.111. The minimum absolute atomic E-state index is 0.0101. The summed E-state index contributed by atoms with van der Waals surface area (Å²) in [5.74, 6) is 0.423. The van der Waals surface area contributed by atoms with Crippen LogP contribution in [0.2, 0.25) is 10.0 Å². The van der Waals surface area contributed by atoms with Crippen LogP contribution in [0.3, 0.4) is 0 Å². The Morgan fingerprint density at radius 3 is 2.36 bits per heavy atom. The molecule has 0 N–H and O–H groups in total. The van der Waals surface area contributed by atoms with E-state index in [1.807, 2.05) is 0 Å². The molecule has 1 saturated heterocycles. The molecule has 0 atom stereocenters. The molecule has 0 aliphatic carbocycles. The average molecular weight is 545 g/mol. The van der Waals surface area contributed by atoms with Gasteiger partial charge in [-0.05, 0) is 65.4 Å². The second kappa shape index (κ2) is 11.0. The number of nitro groups is 1. The number of hydrogen-bond acceptors (Lipinski definition) is 7. The van der Waals surface area contributed by atoms with Gasteiger partial charge in [-0.25, -0.2) is 0 Å². The number of hydrogen-bond donors (Lipinski definition) is 0. The van der Waals surface area contributed by atoms with Crippen molar-refractivity contribution in [2.45, 2.75) is 13.2 Å². The largest absolute Gasteiger partial charge is 0.493 e. The molecule has 3 aromatic rings. The molecule has 11 heteroatoms. The third kappa shape index (κ3) is 5.64. The van der Waals surface area contributed by atoms with Crippen LogP contribution in [0.25, 0.3) is 6.08 Å². The SMILES string of the molecule is COc1ccc(/C=C2\SC(=O)N(Cc3c(Cl)cccc3Cl)C2=O)cc1OCc1ccc([N+](=O)[O-])cc1. The van der Waals surface area contributed by atoms with Gasteiger partial charge in [-0.1, -0.05) is 35.3 Å². The number of non-ortho nitro benzene ring substituents is 1. The van der Waals surface area contributed by atoms with Gasteiger partial charge in [-0.2, -0.15) is 0 Å². The Morgan fingerprint density at radius 2 is 1.72 bits per heavy atom. The summed E-state index contributed by atoms with van der Waals surface area (Å²) in [5, 5.41) is 11.1. The van der Waals surface area contributed by atoms with Crippen molar-refractivity contribution in [1.82, 2.24) is 4.90 Å². The van der Waals surface area contributed by atoms with E-state index in [1.165, 1.54) is 19.2 Å². The molecular formula is C25H18Cl2N2O6S. The third-order valence-electron chi connectivity index (χ3n) is 5.28. The molecule has 1 aliphatic heterocycles. The predicted octanol–water partition coefficient (Wildman–Crippen LogP) is 6.73. The van der Waals surface area contributed by atoms with Crippen molar-refractivity contribution in [3.8, 4) is 11.5 Å². The Kier molecular flexibility index (Phi) is 7.83. The first-order valence-electron chi connectivity index (χ1n) is 10.5. The van der Waals surface area contributed by atoms with Crippen molar-refractivity contribution in [3.63, 3.8) is 0 Å². The van der Waals surface area contributed by atoms with Crippen molar-refractivity contribution < 1.29 is 24.0 Å². The molecule has 1 fully saturated rings. The average Bonchev–Trinajstić information content (AvgIpc) is 3.12. The van der Waals surface area contributed by atoms with Gasteiger partial charge in [0.1, 0.15) is 6.61 Å². The lowest BCUT2D eigenvalue weighted by atomic mass is 10.1. The maximum Gasteiger partial charge on any atom is 0.293 e. The molecule has 0 radical (unpaired) electrons. The number of carbonyl (C=O) groups is 2. The zero-order valence-corrected chi connectivity index (χ0v) is 21.1. The highest BCUT2D eigenvalue weighted by molar-refractivity contribution is 8.18. The Labute approximate surface area is 220 Å². The van der Waals surface area contributed by atoms with Gasteiger partial charge in [0.25, 0.3) is 16.8 Å². The van der Waals surface area contributed by atoms with E-state index >= 15 is 0 Å². The van der Waals surface area contributed by atoms with Crippen LogP contribution in [-0.4, -0.2) is 28.1 Å². The normalized spacial score (nSPS) is 14.4. The zero-order valence-electron chi connectivity index (χ0n) is 18.8. The Bertz CT molecular complexity index is 1360. The van der Waals surface area contributed by atoms with E-state index < -0.39 is 16.1 Å². The van der Waals surface area contributed by atoms with Gasteiger partial charge in [-0.3, -0.25) is 24.6 Å². The molecule has 3 aromatic carbocycles. The number of ether oxygens (including phenoxy) is 2. The minimum atomic E-state index is -0.470. The minimum Gasteiger partial charge on any atom is -0.493 e. The molecular weight excluding hydrogens is 527 g/mol. The fourth-order valence-corrected chi connectivity index (χ4v) is 4.76. The molecule has 1 heterocycles. The maximum atomic E-state index is 13.0. The molecule has 1 aliphatic rings. The van der Waals surface area contributed by atoms with Crippen LogP contribution in [0, 0.1) is 10.1 Å². The number of nitro benzene ring substituents is 1. The predicted molar refractivity (Wildman–Crippen MR) is 138 cm³/mol. The van der Waals surface area contributed by atoms with Crippen molar-refractivity contribution in [1.29, 1.82) is 0 Å². The first-order chi connectivity index (χ1) is 17.3. The molecule has 2 amide bonds. The van der Waals surface area contributed by atoms with Crippen LogP contribution in [0.15, 0.2) is 65.6 Å². The van der Waals surface area contributed by atoms with Gasteiger partial charge in [0, 0.05) is 27.7 Å². The lowest BCUT2D eigenvalue weighted by Gasteiger charge is -2.14. The van der Waals surface area contributed by atoms with Crippen LogP contribution in [0.1, 0.15) is 16.7 Å². The molecule has 8 nitrogen and oxygen atoms in total. The summed E-state index contributed by atoms with van der Waals surface area (Å²) < 4.78 is 11.2. The zero-order chi connectivity index (χ0) is 25.8. The number of rotatable bonds is 8. The van der Waals surface area contributed by atoms with Crippen molar-refractivity contribution in [2.24, 2.45) is 0 Å². The first kappa shape index (κ1) is 25.6. The monoisotopic (exact) mass is 544 g/mol. The lowest BCUT2D eigenvalue weighted by Crippen LogP contribution is -2.27. The van der Waals surface area contributed by atoms with Crippen LogP contribution in [0.5, 0.6) is 11.5 Å². The number of halogens is 2. The summed E-state index contributed by atoms with van der Waals surface area (Å²) in [6, 6.07) is 16.1. The second-order valence-electron chi connectivity index (χ2n) is 7.59. The van der Waals surface area contributed by atoms with Gasteiger partial charge in [-0.15, -0.1) is 0 Å². The summed E-state index contributed by atoms with van der Waals surface area (Å²) >= 11 is 13.2. The van der Waals surface area contributed by atoms with Crippen LogP contribution in [0.4, 0.5) is 10.5 Å². The number of imide groups is 1. The highest BCUT2D eigenvalue weighted by atomic mass is 35.5. The van der Waals surface area contributed by atoms with E-state index in [1.54, 1.807) is 54.6 Å². The van der Waals surface area contributed by atoms with Crippen molar-refractivity contribution >= 4 is 57.9 Å². The Hall–Kier alpha value is -3.53. The number of benzene rings is 3. The lowest BCUT2D eigenvalue weighted by molar-refractivity contribution is -0.384. The quantitative estimate of drug-likeness (QED) is 0.176. The highest BCUT2D eigenvalue weighted by Crippen LogP contribution is 2.37. The van der Waals surface area contributed by atoms with E-state index in [4.69, 9.17) is 32.7 Å². The van der Waals surface area contributed by atoms with E-state index in [0.717, 1.165) is 22.2 Å². The summed E-state index contributed by atoms with van der Waals surface area (Å²) in [5.41, 5.74) is 1.84. The molecule has 0 bridgehead atoms. The second-order valence-corrected chi connectivity index (χ2v) is 9.40. The van der Waals surface area contributed by atoms with Gasteiger partial charge in [0.2, 0.25) is 0 Å². The van der Waals surface area contributed by atoms with Crippen LogP contribution < -0.4 is 9.47 Å². The number of carbonyl (C=O) groups excluding carboxylic acids is 2. The molecule has 184 valence electrons. The third-order valence-corrected chi connectivity index (χ3v) is 6.89. The number of methoxy groups -OCH3 is 1. The molecule has 4 rings (SSSR count). The van der Waals surface area contributed by atoms with E-state index in [2.05, 4.69) is 0 Å². The van der Waals surface area contributed by atoms with Gasteiger partial charge in [0.15, 0.2) is 11.5 Å². The number of amides is 2. The fourth-order valence-electron chi connectivity index (χ4n) is 3.40. The Balaban J connectivity index is 1.52. The molecule has 0 aromatic heterocycles. The maximum absolute atomic E-state index is 13.0. The summed E-state index contributed by atoms with van der Waals surface area (Å²) in [6.07, 6.45) is 1.59. The first-order valence-corrected chi connectivity index (χ1v) is 12.1. The number of nitrogens with zero attached hydrogens (tertiary/aromatic N) is 2. The fraction of sp³-hybridized carbons (Fsp3) is 0.120. The van der Waals surface area contributed by atoms with Crippen molar-refractivity contribution in [3.05, 3.63) is 102 Å². The molecule has 0 unspecified atom stereocenters. The van der Waals surface area contributed by atoms with Crippen LogP contribution >= 0.6 is 35.0 Å². The topological polar surface area (TPSA) is 99.0 Å². The summed E-state index contributed by atoms with van der Waals surface area (Å²) in [7, 11) is 1.50. The molecule has 36 heavy (non-hydrogen) atoms. The van der Waals surface area contributed by atoms with E-state index in [0.29, 0.717) is 32.7 Å². The van der Waals surface area contributed by atoms with E-state index in [-0.39, 0.29) is 23.7 Å². The number of thioether (sulfide) groups is 1. The van der Waals surface area contributed by atoms with Gasteiger partial charge >= 0.3 is 0 Å². The standard InChI is InChI=1S/C25H18Cl2N2O6S/c1-34-21-10-7-16(11-22(21)35-14-15-5-8-17(9-6-15)29(32)33)12-23-24(30)28(25(31)36-23)13-18-19(26)3-2-4-20(18)27/h2-12H,13-14H2,1H3/b23-12-. The highest BCUT2D eigenvalue weighted by Gasteiger charge is 2.35. The van der Waals surface area contributed by atoms with Gasteiger partial charge < -0.3 is 9.47 Å². The smallest absolute Gasteiger partial charge is 0.293 e.